The minimum Gasteiger partial charge on any atom is -0.490 e. The molecule has 22 heavy (non-hydrogen) atoms. The molecule has 1 saturated heterocycles. The third-order valence-electron chi connectivity index (χ3n) is 3.55. The summed E-state index contributed by atoms with van der Waals surface area (Å²) in [6.07, 6.45) is 0.160. The van der Waals surface area contributed by atoms with E-state index in [-0.39, 0.29) is 37.9 Å². The van der Waals surface area contributed by atoms with Crippen molar-refractivity contribution in [2.24, 2.45) is 0 Å². The van der Waals surface area contributed by atoms with Gasteiger partial charge in [0.1, 0.15) is 24.7 Å². The molecule has 0 atom stereocenters. The monoisotopic (exact) mass is 307 g/mol. The Kier molecular flexibility index (Phi) is 3.66. The number of hydrogen-bond donors (Lipinski definition) is 1. The molecular weight excluding hydrogens is 293 g/mol. The Balaban J connectivity index is 1.75. The maximum atomic E-state index is 13.4. The summed E-state index contributed by atoms with van der Waals surface area (Å²) in [4.78, 5) is 37.8. The maximum absolute atomic E-state index is 13.4. The van der Waals surface area contributed by atoms with Crippen molar-refractivity contribution < 1.29 is 23.5 Å². The molecule has 8 heteroatoms. The quantitative estimate of drug-likeness (QED) is 0.862. The summed E-state index contributed by atoms with van der Waals surface area (Å²) < 4.78 is 18.8. The van der Waals surface area contributed by atoms with Crippen molar-refractivity contribution in [2.45, 2.75) is 6.42 Å². The minimum absolute atomic E-state index is 0.160. The van der Waals surface area contributed by atoms with E-state index in [0.29, 0.717) is 18.0 Å². The van der Waals surface area contributed by atoms with Gasteiger partial charge in [0.2, 0.25) is 11.8 Å². The van der Waals surface area contributed by atoms with Crippen molar-refractivity contribution in [3.8, 4) is 5.75 Å². The van der Waals surface area contributed by atoms with Gasteiger partial charge in [-0.2, -0.15) is 0 Å². The molecule has 3 rings (SSSR count). The Morgan fingerprint density at radius 1 is 1.32 bits per heavy atom. The van der Waals surface area contributed by atoms with Crippen LogP contribution in [0.5, 0.6) is 5.75 Å². The number of fused-ring (bicyclic) bond motifs is 1. The number of carbonyl (C=O) groups excluding carboxylic acids is 3. The maximum Gasteiger partial charge on any atom is 0.324 e. The van der Waals surface area contributed by atoms with Gasteiger partial charge in [0.05, 0.1) is 12.2 Å². The first-order valence-corrected chi connectivity index (χ1v) is 6.86. The lowest BCUT2D eigenvalue weighted by atomic mass is 10.2. The van der Waals surface area contributed by atoms with E-state index in [1.807, 2.05) is 0 Å². The zero-order valence-corrected chi connectivity index (χ0v) is 11.7. The first-order valence-electron chi connectivity index (χ1n) is 6.86. The Morgan fingerprint density at radius 3 is 2.91 bits per heavy atom. The van der Waals surface area contributed by atoms with Gasteiger partial charge < -0.3 is 14.5 Å². The number of carbonyl (C=O) groups is 3. The number of imide groups is 1. The molecule has 1 fully saturated rings. The molecular formula is C14H14FN3O4. The standard InChI is InChI=1S/C14H14FN3O4/c15-9-1-2-11-10(7-9)18(5-6-22-11)13(20)8-17-4-3-12(19)16-14(17)21/h1-2,7H,3-6,8H2,(H,16,19,21). The first-order chi connectivity index (χ1) is 10.5. The van der Waals surface area contributed by atoms with Crippen LogP contribution in [0.1, 0.15) is 6.42 Å². The van der Waals surface area contributed by atoms with E-state index in [0.717, 1.165) is 0 Å². The molecule has 0 aliphatic carbocycles. The molecule has 2 aliphatic rings. The van der Waals surface area contributed by atoms with Gasteiger partial charge in [0.25, 0.3) is 0 Å². The van der Waals surface area contributed by atoms with Gasteiger partial charge in [-0.25, -0.2) is 9.18 Å². The number of amides is 4. The number of hydrogen-bond acceptors (Lipinski definition) is 4. The molecule has 7 nitrogen and oxygen atoms in total. The molecule has 1 aromatic carbocycles. The largest absolute Gasteiger partial charge is 0.490 e. The second-order valence-corrected chi connectivity index (χ2v) is 5.03. The smallest absolute Gasteiger partial charge is 0.324 e. The van der Waals surface area contributed by atoms with Crippen LogP contribution >= 0.6 is 0 Å². The molecule has 0 bridgehead atoms. The predicted octanol–water partition coefficient (Wildman–Crippen LogP) is 0.493. The van der Waals surface area contributed by atoms with Crippen LogP contribution in [0.25, 0.3) is 0 Å². The van der Waals surface area contributed by atoms with Crippen molar-refractivity contribution >= 4 is 23.5 Å². The fourth-order valence-corrected chi connectivity index (χ4v) is 2.45. The van der Waals surface area contributed by atoms with Crippen LogP contribution in [0.2, 0.25) is 0 Å². The zero-order chi connectivity index (χ0) is 15.7. The summed E-state index contributed by atoms with van der Waals surface area (Å²) in [5.41, 5.74) is 0.352. The average molecular weight is 307 g/mol. The second kappa shape index (κ2) is 5.63. The number of benzene rings is 1. The number of nitrogens with zero attached hydrogens (tertiary/aromatic N) is 2. The number of rotatable bonds is 2. The van der Waals surface area contributed by atoms with Crippen molar-refractivity contribution in [3.63, 3.8) is 0 Å². The molecule has 0 radical (unpaired) electrons. The molecule has 4 amide bonds. The van der Waals surface area contributed by atoms with Crippen molar-refractivity contribution in [3.05, 3.63) is 24.0 Å². The normalized spacial score (nSPS) is 17.7. The highest BCUT2D eigenvalue weighted by Crippen LogP contribution is 2.32. The highest BCUT2D eigenvalue weighted by molar-refractivity contribution is 6.01. The highest BCUT2D eigenvalue weighted by Gasteiger charge is 2.29. The van der Waals surface area contributed by atoms with E-state index >= 15 is 0 Å². The summed E-state index contributed by atoms with van der Waals surface area (Å²) >= 11 is 0. The summed E-state index contributed by atoms with van der Waals surface area (Å²) in [6.45, 7) is 0.602. The van der Waals surface area contributed by atoms with Gasteiger partial charge in [-0.05, 0) is 12.1 Å². The molecule has 1 aromatic rings. The summed E-state index contributed by atoms with van der Waals surface area (Å²) in [7, 11) is 0. The first kappa shape index (κ1) is 14.3. The van der Waals surface area contributed by atoms with Gasteiger partial charge in [-0.15, -0.1) is 0 Å². The third kappa shape index (κ3) is 2.72. The zero-order valence-electron chi connectivity index (χ0n) is 11.7. The van der Waals surface area contributed by atoms with Crippen LogP contribution in [-0.4, -0.2) is 49.0 Å². The van der Waals surface area contributed by atoms with Crippen LogP contribution in [0.4, 0.5) is 14.9 Å². The third-order valence-corrected chi connectivity index (χ3v) is 3.55. The average Bonchev–Trinajstić information content (AvgIpc) is 2.49. The van der Waals surface area contributed by atoms with Crippen LogP contribution in [0, 0.1) is 5.82 Å². The molecule has 0 unspecified atom stereocenters. The van der Waals surface area contributed by atoms with Gasteiger partial charge in [0.15, 0.2) is 0 Å². The number of anilines is 1. The van der Waals surface area contributed by atoms with Crippen LogP contribution in [0.3, 0.4) is 0 Å². The summed E-state index contributed by atoms with van der Waals surface area (Å²) in [5.74, 6) is -0.741. The molecule has 0 spiro atoms. The van der Waals surface area contributed by atoms with Gasteiger partial charge >= 0.3 is 6.03 Å². The fourth-order valence-electron chi connectivity index (χ4n) is 2.45. The number of nitrogens with one attached hydrogen (secondary N) is 1. The Morgan fingerprint density at radius 2 is 2.14 bits per heavy atom. The molecule has 1 N–H and O–H groups in total. The van der Waals surface area contributed by atoms with Gasteiger partial charge in [0, 0.05) is 19.0 Å². The Hall–Kier alpha value is -2.64. The molecule has 0 aromatic heterocycles. The van der Waals surface area contributed by atoms with E-state index in [1.54, 1.807) is 0 Å². The van der Waals surface area contributed by atoms with E-state index in [1.165, 1.54) is 28.0 Å². The highest BCUT2D eigenvalue weighted by atomic mass is 19.1. The lowest BCUT2D eigenvalue weighted by molar-refractivity contribution is -0.124. The van der Waals surface area contributed by atoms with Crippen LogP contribution in [-0.2, 0) is 9.59 Å². The van der Waals surface area contributed by atoms with Gasteiger partial charge in [-0.3, -0.25) is 14.9 Å². The predicted molar refractivity (Wildman–Crippen MR) is 74.0 cm³/mol. The van der Waals surface area contributed by atoms with Crippen LogP contribution in [0.15, 0.2) is 18.2 Å². The Bertz CT molecular complexity index is 649. The SMILES string of the molecule is O=C1CCN(CC(=O)N2CCOc3ccc(F)cc32)C(=O)N1. The van der Waals surface area contributed by atoms with Crippen LogP contribution < -0.4 is 15.0 Å². The summed E-state index contributed by atoms with van der Waals surface area (Å²) in [6, 6.07) is 3.37. The lowest BCUT2D eigenvalue weighted by Gasteiger charge is -2.32. The number of urea groups is 1. The fraction of sp³-hybridized carbons (Fsp3) is 0.357. The van der Waals surface area contributed by atoms with E-state index < -0.39 is 11.8 Å². The number of ether oxygens (including phenoxy) is 1. The van der Waals surface area contributed by atoms with Crippen molar-refractivity contribution in [1.82, 2.24) is 10.2 Å². The minimum atomic E-state index is -0.586. The van der Waals surface area contributed by atoms with E-state index in [4.69, 9.17) is 4.74 Å². The molecule has 0 saturated carbocycles. The van der Waals surface area contributed by atoms with Crippen molar-refractivity contribution in [1.29, 1.82) is 0 Å². The van der Waals surface area contributed by atoms with Gasteiger partial charge in [-0.1, -0.05) is 0 Å². The second-order valence-electron chi connectivity index (χ2n) is 5.03. The lowest BCUT2D eigenvalue weighted by Crippen LogP contribution is -2.53. The van der Waals surface area contributed by atoms with Crippen molar-refractivity contribution in [2.75, 3.05) is 31.1 Å². The van der Waals surface area contributed by atoms with E-state index in [9.17, 15) is 18.8 Å². The topological polar surface area (TPSA) is 79.0 Å². The molecule has 2 heterocycles. The number of halogens is 1. The van der Waals surface area contributed by atoms with E-state index in [2.05, 4.69) is 5.32 Å². The molecule has 116 valence electrons. The molecule has 2 aliphatic heterocycles. The Labute approximate surface area is 125 Å². The summed E-state index contributed by atoms with van der Waals surface area (Å²) in [5, 5.41) is 2.16.